The van der Waals surface area contributed by atoms with Gasteiger partial charge in [-0.05, 0) is 49.6 Å². The number of anilines is 1. The number of aromatic nitrogens is 3. The molecule has 7 heteroatoms. The number of benzene rings is 2. The van der Waals surface area contributed by atoms with Crippen LogP contribution in [0.15, 0.2) is 48.5 Å². The van der Waals surface area contributed by atoms with Crippen LogP contribution in [0.4, 0.5) is 5.82 Å². The molecule has 166 valence electrons. The Balaban J connectivity index is 1.87. The van der Waals surface area contributed by atoms with Crippen molar-refractivity contribution < 1.29 is 14.3 Å². The van der Waals surface area contributed by atoms with Crippen molar-refractivity contribution in [3.8, 4) is 5.69 Å². The molecule has 0 unspecified atom stereocenters. The van der Waals surface area contributed by atoms with Crippen molar-refractivity contribution in [1.29, 1.82) is 0 Å². The van der Waals surface area contributed by atoms with Crippen LogP contribution < -0.4 is 5.73 Å². The highest BCUT2D eigenvalue weighted by Crippen LogP contribution is 2.32. The first kappa shape index (κ1) is 21.8. The summed E-state index contributed by atoms with van der Waals surface area (Å²) in [5.41, 5.74) is 11.2. The highest BCUT2D eigenvalue weighted by Gasteiger charge is 2.27. The molecular formula is C25H28N4O3. The lowest BCUT2D eigenvalue weighted by atomic mass is 10.1. The number of carbonyl (C=O) groups is 1. The number of hydrogen-bond acceptors (Lipinski definition) is 6. The monoisotopic (exact) mass is 432 g/mol. The highest BCUT2D eigenvalue weighted by atomic mass is 16.6. The number of aryl methyl sites for hydroxylation is 1. The number of esters is 1. The zero-order chi connectivity index (χ0) is 22.7. The predicted octanol–water partition coefficient (Wildman–Crippen LogP) is 4.69. The van der Waals surface area contributed by atoms with Gasteiger partial charge in [0.2, 0.25) is 0 Å². The van der Waals surface area contributed by atoms with Gasteiger partial charge in [0.25, 0.3) is 0 Å². The van der Waals surface area contributed by atoms with Crippen LogP contribution in [0, 0.1) is 0 Å². The number of hydrogen-bond donors (Lipinski definition) is 1. The summed E-state index contributed by atoms with van der Waals surface area (Å²) < 4.78 is 12.4. The Labute approximate surface area is 187 Å². The minimum absolute atomic E-state index is 0.219. The number of unbranched alkanes of at least 4 members (excludes halogenated alkanes) is 1. The first-order chi connectivity index (χ1) is 15.5. The van der Waals surface area contributed by atoms with Crippen molar-refractivity contribution in [2.75, 3.05) is 19.5 Å². The Morgan fingerprint density at radius 2 is 1.78 bits per heavy atom. The SMILES string of the molecule is CCCCc1ccc(-n2c(N)c(C(=O)O[C@H](C)COC)c3nc4ccccc4nc32)cc1. The summed E-state index contributed by atoms with van der Waals surface area (Å²) in [6.45, 7) is 4.24. The van der Waals surface area contributed by atoms with E-state index >= 15 is 0 Å². The number of ether oxygens (including phenoxy) is 2. The van der Waals surface area contributed by atoms with Crippen LogP contribution in [0.1, 0.15) is 42.6 Å². The van der Waals surface area contributed by atoms with Gasteiger partial charge in [0.1, 0.15) is 23.0 Å². The molecule has 2 aromatic heterocycles. The topological polar surface area (TPSA) is 92.3 Å². The molecule has 0 bridgehead atoms. The van der Waals surface area contributed by atoms with Gasteiger partial charge in [-0.15, -0.1) is 0 Å². The van der Waals surface area contributed by atoms with E-state index in [9.17, 15) is 4.79 Å². The largest absolute Gasteiger partial charge is 0.456 e. The number of nitrogens with two attached hydrogens (primary N) is 1. The fraction of sp³-hybridized carbons (Fsp3) is 0.320. The molecule has 0 aliphatic heterocycles. The van der Waals surface area contributed by atoms with E-state index in [1.165, 1.54) is 5.56 Å². The third-order valence-corrected chi connectivity index (χ3v) is 5.43. The molecule has 0 saturated carbocycles. The van der Waals surface area contributed by atoms with Gasteiger partial charge in [-0.1, -0.05) is 37.6 Å². The van der Waals surface area contributed by atoms with Crippen LogP contribution in [0.2, 0.25) is 0 Å². The second-order valence-electron chi connectivity index (χ2n) is 7.92. The van der Waals surface area contributed by atoms with Gasteiger partial charge >= 0.3 is 5.97 Å². The molecule has 0 saturated heterocycles. The lowest BCUT2D eigenvalue weighted by molar-refractivity contribution is 0.0123. The van der Waals surface area contributed by atoms with E-state index in [4.69, 9.17) is 25.2 Å². The molecule has 0 amide bonds. The number of nitrogens with zero attached hydrogens (tertiary/aromatic N) is 3. The van der Waals surface area contributed by atoms with Crippen LogP contribution in [0.3, 0.4) is 0 Å². The standard InChI is InChI=1S/C25H28N4O3/c1-4-5-8-17-11-13-18(14-12-17)29-23(26)21(25(30)32-16(2)15-31-3)22-24(29)28-20-10-7-6-9-19(20)27-22/h6-7,9-14,16H,4-5,8,15,26H2,1-3H3/t16-/m1/s1. The number of fused-ring (bicyclic) bond motifs is 2. The second-order valence-corrected chi connectivity index (χ2v) is 7.92. The van der Waals surface area contributed by atoms with E-state index in [0.717, 1.165) is 30.5 Å². The average Bonchev–Trinajstić information content (AvgIpc) is 3.07. The molecule has 2 N–H and O–H groups in total. The van der Waals surface area contributed by atoms with Crippen LogP contribution in [0.5, 0.6) is 0 Å². The zero-order valence-corrected chi connectivity index (χ0v) is 18.7. The molecule has 4 aromatic rings. The Morgan fingerprint density at radius 1 is 1.09 bits per heavy atom. The van der Waals surface area contributed by atoms with E-state index in [2.05, 4.69) is 19.1 Å². The van der Waals surface area contributed by atoms with Gasteiger partial charge in [0.05, 0.1) is 17.6 Å². The summed E-state index contributed by atoms with van der Waals surface area (Å²) in [5.74, 6) is -0.286. The van der Waals surface area contributed by atoms with Crippen molar-refractivity contribution in [3.63, 3.8) is 0 Å². The molecule has 32 heavy (non-hydrogen) atoms. The second kappa shape index (κ2) is 9.36. The maximum atomic E-state index is 13.1. The quantitative estimate of drug-likeness (QED) is 0.406. The number of rotatable bonds is 8. The molecule has 1 atom stereocenters. The summed E-state index contributed by atoms with van der Waals surface area (Å²) in [6, 6.07) is 15.7. The van der Waals surface area contributed by atoms with Gasteiger partial charge in [-0.3, -0.25) is 4.57 Å². The van der Waals surface area contributed by atoms with E-state index < -0.39 is 12.1 Å². The van der Waals surface area contributed by atoms with Gasteiger partial charge in [0, 0.05) is 12.8 Å². The number of carbonyl (C=O) groups excluding carboxylic acids is 1. The van der Waals surface area contributed by atoms with Crippen molar-refractivity contribution >= 4 is 34.0 Å². The van der Waals surface area contributed by atoms with E-state index in [1.807, 2.05) is 36.4 Å². The van der Waals surface area contributed by atoms with Crippen LogP contribution in [-0.2, 0) is 15.9 Å². The van der Waals surface area contributed by atoms with Gasteiger partial charge in [0.15, 0.2) is 5.65 Å². The molecule has 7 nitrogen and oxygen atoms in total. The molecule has 0 fully saturated rings. The van der Waals surface area contributed by atoms with Crippen LogP contribution in [0.25, 0.3) is 27.9 Å². The number of para-hydroxylation sites is 2. The van der Waals surface area contributed by atoms with E-state index in [0.29, 0.717) is 16.7 Å². The first-order valence-electron chi connectivity index (χ1n) is 10.9. The third-order valence-electron chi connectivity index (χ3n) is 5.43. The van der Waals surface area contributed by atoms with Crippen molar-refractivity contribution in [3.05, 3.63) is 59.7 Å². The average molecular weight is 433 g/mol. The Morgan fingerprint density at radius 3 is 2.44 bits per heavy atom. The summed E-state index contributed by atoms with van der Waals surface area (Å²) in [7, 11) is 1.56. The van der Waals surface area contributed by atoms with Gasteiger partial charge < -0.3 is 15.2 Å². The van der Waals surface area contributed by atoms with E-state index in [1.54, 1.807) is 18.6 Å². The van der Waals surface area contributed by atoms with E-state index in [-0.39, 0.29) is 18.0 Å². The fourth-order valence-corrected chi connectivity index (χ4v) is 3.83. The molecule has 0 spiro atoms. The lowest BCUT2D eigenvalue weighted by Gasteiger charge is -2.12. The third kappa shape index (κ3) is 4.16. The molecule has 2 aromatic carbocycles. The fourth-order valence-electron chi connectivity index (χ4n) is 3.83. The number of methoxy groups -OCH3 is 1. The summed E-state index contributed by atoms with van der Waals surface area (Å²) in [6.07, 6.45) is 2.89. The summed E-state index contributed by atoms with van der Waals surface area (Å²) in [5, 5.41) is 0. The van der Waals surface area contributed by atoms with Gasteiger partial charge in [-0.2, -0.15) is 0 Å². The minimum Gasteiger partial charge on any atom is -0.456 e. The van der Waals surface area contributed by atoms with Crippen LogP contribution in [-0.4, -0.2) is 40.3 Å². The smallest absolute Gasteiger partial charge is 0.344 e. The Bertz CT molecular complexity index is 1250. The van der Waals surface area contributed by atoms with Crippen molar-refractivity contribution in [1.82, 2.24) is 14.5 Å². The Kier molecular flexibility index (Phi) is 6.37. The maximum absolute atomic E-state index is 13.1. The minimum atomic E-state index is -0.542. The lowest BCUT2D eigenvalue weighted by Crippen LogP contribution is -2.20. The van der Waals surface area contributed by atoms with Crippen LogP contribution >= 0.6 is 0 Å². The molecule has 4 rings (SSSR count). The summed E-state index contributed by atoms with van der Waals surface area (Å²) in [4.78, 5) is 22.6. The molecular weight excluding hydrogens is 404 g/mol. The van der Waals surface area contributed by atoms with Crippen molar-refractivity contribution in [2.45, 2.75) is 39.2 Å². The normalized spacial score (nSPS) is 12.3. The molecule has 0 aliphatic carbocycles. The molecule has 2 heterocycles. The Hall–Kier alpha value is -3.45. The predicted molar refractivity (Wildman–Crippen MR) is 126 cm³/mol. The molecule has 0 radical (unpaired) electrons. The zero-order valence-electron chi connectivity index (χ0n) is 18.7. The summed E-state index contributed by atoms with van der Waals surface area (Å²) >= 11 is 0. The maximum Gasteiger partial charge on any atom is 0.344 e. The molecule has 0 aliphatic rings. The van der Waals surface area contributed by atoms with Crippen molar-refractivity contribution in [2.24, 2.45) is 0 Å². The first-order valence-corrected chi connectivity index (χ1v) is 10.9. The van der Waals surface area contributed by atoms with Gasteiger partial charge in [-0.25, -0.2) is 14.8 Å². The number of nitrogen functional groups attached to an aromatic ring is 1. The highest BCUT2D eigenvalue weighted by molar-refractivity contribution is 6.09.